The Bertz CT molecular complexity index is 864. The average molecular weight is 337 g/mol. The summed E-state index contributed by atoms with van der Waals surface area (Å²) in [7, 11) is 0. The number of thiophene rings is 1. The second-order valence-electron chi connectivity index (χ2n) is 5.80. The van der Waals surface area contributed by atoms with E-state index in [1.807, 2.05) is 12.1 Å². The van der Waals surface area contributed by atoms with E-state index in [4.69, 9.17) is 4.84 Å². The van der Waals surface area contributed by atoms with Crippen LogP contribution in [0.15, 0.2) is 59.2 Å². The van der Waals surface area contributed by atoms with Gasteiger partial charge in [0, 0.05) is 19.3 Å². The summed E-state index contributed by atoms with van der Waals surface area (Å²) in [5.41, 5.74) is 5.84. The van der Waals surface area contributed by atoms with Crippen LogP contribution in [0.2, 0.25) is 0 Å². The second kappa shape index (κ2) is 6.63. The number of hydrogen-bond acceptors (Lipinski definition) is 4. The maximum atomic E-state index is 5.57. The molecule has 5 heteroatoms. The lowest BCUT2D eigenvalue weighted by atomic mass is 10.2. The number of nitrogens with one attached hydrogen (secondary N) is 1. The van der Waals surface area contributed by atoms with Crippen LogP contribution in [0.4, 0.5) is 0 Å². The minimum Gasteiger partial charge on any atom is -0.394 e. The van der Waals surface area contributed by atoms with E-state index in [1.54, 1.807) is 11.3 Å². The zero-order valence-corrected chi connectivity index (χ0v) is 14.3. The largest absolute Gasteiger partial charge is 0.394 e. The highest BCUT2D eigenvalue weighted by molar-refractivity contribution is 7.13. The van der Waals surface area contributed by atoms with Gasteiger partial charge in [0.15, 0.2) is 0 Å². The number of fused-ring (bicyclic) bond motifs is 3. The van der Waals surface area contributed by atoms with Crippen molar-refractivity contribution in [3.63, 3.8) is 0 Å². The van der Waals surface area contributed by atoms with Gasteiger partial charge in [0.25, 0.3) is 0 Å². The van der Waals surface area contributed by atoms with Crippen molar-refractivity contribution in [2.24, 2.45) is 5.16 Å². The third kappa shape index (κ3) is 2.77. The number of rotatable bonds is 6. The van der Waals surface area contributed by atoms with E-state index < -0.39 is 0 Å². The van der Waals surface area contributed by atoms with Crippen LogP contribution in [0.5, 0.6) is 0 Å². The Kier molecular flexibility index (Phi) is 4.19. The van der Waals surface area contributed by atoms with E-state index >= 15 is 0 Å². The van der Waals surface area contributed by atoms with Crippen molar-refractivity contribution >= 4 is 17.0 Å². The Hall–Kier alpha value is -2.37. The molecule has 1 N–H and O–H groups in total. The second-order valence-corrected chi connectivity index (χ2v) is 6.68. The summed E-state index contributed by atoms with van der Waals surface area (Å²) < 4.78 is 2.19. The van der Waals surface area contributed by atoms with Crippen LogP contribution in [-0.4, -0.2) is 23.4 Å². The van der Waals surface area contributed by atoms with Crippen molar-refractivity contribution < 1.29 is 4.84 Å². The van der Waals surface area contributed by atoms with Gasteiger partial charge in [-0.05, 0) is 35.6 Å². The van der Waals surface area contributed by atoms with Crippen molar-refractivity contribution in [1.29, 1.82) is 0 Å². The highest BCUT2D eigenvalue weighted by atomic mass is 32.1. The van der Waals surface area contributed by atoms with Gasteiger partial charge in [-0.1, -0.05) is 35.5 Å². The van der Waals surface area contributed by atoms with E-state index in [1.165, 1.54) is 21.7 Å². The fraction of sp³-hybridized carbons (Fsp3) is 0.211. The molecular weight excluding hydrogens is 318 g/mol. The first-order valence-corrected chi connectivity index (χ1v) is 8.94. The Morgan fingerprint density at radius 1 is 1.17 bits per heavy atom. The monoisotopic (exact) mass is 337 g/mol. The van der Waals surface area contributed by atoms with Gasteiger partial charge in [-0.15, -0.1) is 11.3 Å². The molecule has 3 heterocycles. The van der Waals surface area contributed by atoms with E-state index in [-0.39, 0.29) is 0 Å². The lowest BCUT2D eigenvalue weighted by Crippen LogP contribution is -2.18. The minimum atomic E-state index is 0.552. The molecule has 3 aromatic rings. The number of nitrogens with zero attached hydrogens (tertiary/aromatic N) is 2. The molecule has 0 fully saturated rings. The Morgan fingerprint density at radius 2 is 2.04 bits per heavy atom. The van der Waals surface area contributed by atoms with Crippen molar-refractivity contribution in [3.05, 3.63) is 75.7 Å². The van der Waals surface area contributed by atoms with Crippen molar-refractivity contribution in [1.82, 2.24) is 9.88 Å². The third-order valence-corrected chi connectivity index (χ3v) is 5.18. The molecule has 1 aliphatic rings. The zero-order chi connectivity index (χ0) is 16.4. The zero-order valence-electron chi connectivity index (χ0n) is 13.5. The average Bonchev–Trinajstić information content (AvgIpc) is 3.27. The summed E-state index contributed by atoms with van der Waals surface area (Å²) in [5.74, 6) is 0. The Balaban J connectivity index is 1.35. The molecule has 122 valence electrons. The molecule has 1 aromatic carbocycles. The van der Waals surface area contributed by atoms with Crippen molar-refractivity contribution in [2.45, 2.75) is 13.5 Å². The summed E-state index contributed by atoms with van der Waals surface area (Å²) in [4.78, 5) is 6.76. The van der Waals surface area contributed by atoms with E-state index in [0.717, 1.165) is 24.5 Å². The predicted molar refractivity (Wildman–Crippen MR) is 98.1 cm³/mol. The Labute approximate surface area is 145 Å². The SMILES string of the molecule is Cc1csc2c1-n1cccc1/C2=N\OCCNCc1ccccc1. The summed E-state index contributed by atoms with van der Waals surface area (Å²) in [6, 6.07) is 14.5. The fourth-order valence-electron chi connectivity index (χ4n) is 2.94. The molecule has 0 radical (unpaired) electrons. The quantitative estimate of drug-likeness (QED) is 0.430. The minimum absolute atomic E-state index is 0.552. The number of hydrogen-bond donors (Lipinski definition) is 1. The maximum absolute atomic E-state index is 5.57. The van der Waals surface area contributed by atoms with Crippen molar-refractivity contribution in [3.8, 4) is 5.69 Å². The molecule has 24 heavy (non-hydrogen) atoms. The van der Waals surface area contributed by atoms with E-state index in [9.17, 15) is 0 Å². The summed E-state index contributed by atoms with van der Waals surface area (Å²) in [6.45, 7) is 4.30. The Morgan fingerprint density at radius 3 is 2.92 bits per heavy atom. The third-order valence-electron chi connectivity index (χ3n) is 4.09. The molecule has 0 aliphatic carbocycles. The molecule has 2 aromatic heterocycles. The first kappa shape index (κ1) is 15.2. The summed E-state index contributed by atoms with van der Waals surface area (Å²) >= 11 is 1.73. The summed E-state index contributed by atoms with van der Waals surface area (Å²) in [6.07, 6.45) is 2.08. The van der Waals surface area contributed by atoms with Gasteiger partial charge in [0.05, 0.1) is 16.3 Å². The van der Waals surface area contributed by atoms with Gasteiger partial charge in [-0.2, -0.15) is 0 Å². The molecule has 0 amide bonds. The smallest absolute Gasteiger partial charge is 0.146 e. The van der Waals surface area contributed by atoms with E-state index in [2.05, 4.69) is 63.9 Å². The number of benzene rings is 1. The van der Waals surface area contributed by atoms with Gasteiger partial charge in [-0.25, -0.2) is 0 Å². The highest BCUT2D eigenvalue weighted by Gasteiger charge is 2.28. The molecule has 4 rings (SSSR count). The first-order valence-electron chi connectivity index (χ1n) is 8.06. The normalized spacial score (nSPS) is 14.0. The van der Waals surface area contributed by atoms with Crippen LogP contribution < -0.4 is 5.32 Å². The van der Waals surface area contributed by atoms with Crippen molar-refractivity contribution in [2.75, 3.05) is 13.2 Å². The molecule has 0 spiro atoms. The number of aromatic nitrogens is 1. The van der Waals surface area contributed by atoms with Crippen LogP contribution in [0, 0.1) is 6.92 Å². The van der Waals surface area contributed by atoms with Crippen LogP contribution in [0.1, 0.15) is 21.7 Å². The highest BCUT2D eigenvalue weighted by Crippen LogP contribution is 2.35. The lowest BCUT2D eigenvalue weighted by Gasteiger charge is -2.04. The van der Waals surface area contributed by atoms with Gasteiger partial charge in [0.1, 0.15) is 12.3 Å². The van der Waals surface area contributed by atoms with Crippen LogP contribution in [-0.2, 0) is 11.4 Å². The van der Waals surface area contributed by atoms with Crippen LogP contribution >= 0.6 is 11.3 Å². The fourth-order valence-corrected chi connectivity index (χ4v) is 3.97. The maximum Gasteiger partial charge on any atom is 0.146 e. The molecule has 0 bridgehead atoms. The van der Waals surface area contributed by atoms with Gasteiger partial charge in [-0.3, -0.25) is 0 Å². The molecule has 0 saturated heterocycles. The number of oxime groups is 1. The van der Waals surface area contributed by atoms with Gasteiger partial charge >= 0.3 is 0 Å². The predicted octanol–water partition coefficient (Wildman–Crippen LogP) is 3.72. The standard InChI is InChI=1S/C19H19N3OS/c1-14-13-24-19-17(16-8-5-10-22(16)18(14)19)21-23-11-9-20-12-15-6-3-2-4-7-15/h2-8,10,13,20H,9,11-12H2,1H3/b21-17+. The lowest BCUT2D eigenvalue weighted by molar-refractivity contribution is 0.146. The molecule has 0 unspecified atom stereocenters. The molecule has 0 atom stereocenters. The molecule has 0 saturated carbocycles. The molecule has 1 aliphatic heterocycles. The van der Waals surface area contributed by atoms with E-state index in [0.29, 0.717) is 6.61 Å². The first-order chi connectivity index (χ1) is 11.8. The summed E-state index contributed by atoms with van der Waals surface area (Å²) in [5, 5.41) is 9.94. The molecular formula is C19H19N3OS. The molecule has 4 nitrogen and oxygen atoms in total. The number of aryl methyl sites for hydroxylation is 1. The van der Waals surface area contributed by atoms with Crippen LogP contribution in [0.3, 0.4) is 0 Å². The topological polar surface area (TPSA) is 38.5 Å². The van der Waals surface area contributed by atoms with Gasteiger partial charge in [0.2, 0.25) is 0 Å². The van der Waals surface area contributed by atoms with Crippen LogP contribution in [0.25, 0.3) is 5.69 Å². The van der Waals surface area contributed by atoms with Gasteiger partial charge < -0.3 is 14.7 Å².